The molecule has 1 aromatic heterocycles. The van der Waals surface area contributed by atoms with Gasteiger partial charge in [-0.2, -0.15) is 0 Å². The largest absolute Gasteiger partial charge is 0.345 e. The van der Waals surface area contributed by atoms with Gasteiger partial charge in [0.05, 0.1) is 16.6 Å². The number of nitrogens with zero attached hydrogens (tertiary/aromatic N) is 1. The van der Waals surface area contributed by atoms with E-state index in [9.17, 15) is 4.79 Å². The van der Waals surface area contributed by atoms with Crippen LogP contribution in [0.15, 0.2) is 42.7 Å². The smallest absolute Gasteiger partial charge is 0.253 e. The lowest BCUT2D eigenvalue weighted by Crippen LogP contribution is -2.26. The van der Waals surface area contributed by atoms with Gasteiger partial charge in [-0.15, -0.1) is 0 Å². The molecule has 0 aliphatic heterocycles. The summed E-state index contributed by atoms with van der Waals surface area (Å²) in [6, 6.07) is 8.79. The molecule has 5 heteroatoms. The summed E-state index contributed by atoms with van der Waals surface area (Å²) < 4.78 is 0. The Morgan fingerprint density at radius 3 is 2.53 bits per heavy atom. The Balaban J connectivity index is 2.11. The molecular formula is C14H12Cl2N2O. The van der Waals surface area contributed by atoms with E-state index in [1.54, 1.807) is 18.2 Å². The maximum Gasteiger partial charge on any atom is 0.253 e. The van der Waals surface area contributed by atoms with E-state index in [2.05, 4.69) is 10.3 Å². The number of hydrogen-bond acceptors (Lipinski definition) is 2. The van der Waals surface area contributed by atoms with E-state index in [1.807, 2.05) is 19.1 Å². The molecule has 2 aromatic rings. The number of halogens is 2. The molecular weight excluding hydrogens is 283 g/mol. The van der Waals surface area contributed by atoms with E-state index in [4.69, 9.17) is 23.2 Å². The van der Waals surface area contributed by atoms with Crippen LogP contribution in [0, 0.1) is 0 Å². The molecule has 0 bridgehead atoms. The van der Waals surface area contributed by atoms with Gasteiger partial charge in [0.15, 0.2) is 0 Å². The molecule has 0 saturated carbocycles. The minimum absolute atomic E-state index is 0.131. The number of pyridine rings is 1. The van der Waals surface area contributed by atoms with Gasteiger partial charge < -0.3 is 5.32 Å². The van der Waals surface area contributed by atoms with Crippen LogP contribution in [0.2, 0.25) is 10.0 Å². The number of hydrogen-bond donors (Lipinski definition) is 1. The average Bonchev–Trinajstić information content (AvgIpc) is 2.39. The number of aromatic nitrogens is 1. The molecule has 0 aliphatic carbocycles. The Kier molecular flexibility index (Phi) is 4.40. The summed E-state index contributed by atoms with van der Waals surface area (Å²) in [6.07, 6.45) is 2.98. The predicted molar refractivity (Wildman–Crippen MR) is 76.6 cm³/mol. The summed E-state index contributed by atoms with van der Waals surface area (Å²) in [6.45, 7) is 1.90. The maximum atomic E-state index is 12.1. The molecule has 19 heavy (non-hydrogen) atoms. The van der Waals surface area contributed by atoms with Crippen molar-refractivity contribution in [2.45, 2.75) is 13.0 Å². The third-order valence-electron chi connectivity index (χ3n) is 2.73. The first kappa shape index (κ1) is 13.8. The van der Waals surface area contributed by atoms with Gasteiger partial charge in [0.1, 0.15) is 0 Å². The van der Waals surface area contributed by atoms with Crippen LogP contribution in [-0.4, -0.2) is 10.9 Å². The van der Waals surface area contributed by atoms with Crippen molar-refractivity contribution in [2.24, 2.45) is 0 Å². The van der Waals surface area contributed by atoms with Gasteiger partial charge in [-0.1, -0.05) is 35.3 Å². The number of carbonyl (C=O) groups is 1. The molecule has 0 spiro atoms. The standard InChI is InChI=1S/C14H12Cl2N2O/c1-9(10-2-4-11(15)5-3-10)18-14(19)12-6-7-17-8-13(12)16/h2-9H,1H3,(H,18,19). The van der Waals surface area contributed by atoms with Crippen LogP contribution in [0.25, 0.3) is 0 Å². The van der Waals surface area contributed by atoms with Crippen molar-refractivity contribution >= 4 is 29.1 Å². The molecule has 1 aromatic carbocycles. The summed E-state index contributed by atoms with van der Waals surface area (Å²) in [5.74, 6) is -0.227. The Morgan fingerprint density at radius 2 is 1.89 bits per heavy atom. The first-order valence-corrected chi connectivity index (χ1v) is 6.49. The van der Waals surface area contributed by atoms with E-state index < -0.39 is 0 Å². The van der Waals surface area contributed by atoms with Crippen molar-refractivity contribution < 1.29 is 4.79 Å². The van der Waals surface area contributed by atoms with Crippen LogP contribution in [0.1, 0.15) is 28.9 Å². The summed E-state index contributed by atoms with van der Waals surface area (Å²) in [7, 11) is 0. The van der Waals surface area contributed by atoms with Gasteiger partial charge in [-0.25, -0.2) is 0 Å². The quantitative estimate of drug-likeness (QED) is 0.933. The SMILES string of the molecule is CC(NC(=O)c1ccncc1Cl)c1ccc(Cl)cc1. The molecule has 1 amide bonds. The molecule has 1 N–H and O–H groups in total. The van der Waals surface area contributed by atoms with E-state index >= 15 is 0 Å². The normalized spacial score (nSPS) is 11.9. The van der Waals surface area contributed by atoms with Crippen LogP contribution in [-0.2, 0) is 0 Å². The van der Waals surface area contributed by atoms with Crippen molar-refractivity contribution in [1.82, 2.24) is 10.3 Å². The van der Waals surface area contributed by atoms with Gasteiger partial charge in [0.2, 0.25) is 0 Å². The van der Waals surface area contributed by atoms with Gasteiger partial charge in [0.25, 0.3) is 5.91 Å². The number of nitrogens with one attached hydrogen (secondary N) is 1. The minimum Gasteiger partial charge on any atom is -0.345 e. The summed E-state index contributed by atoms with van der Waals surface area (Å²) >= 11 is 11.8. The zero-order valence-electron chi connectivity index (χ0n) is 10.2. The zero-order chi connectivity index (χ0) is 13.8. The second-order valence-corrected chi connectivity index (χ2v) is 4.95. The number of rotatable bonds is 3. The van der Waals surface area contributed by atoms with Crippen molar-refractivity contribution in [3.63, 3.8) is 0 Å². The van der Waals surface area contributed by atoms with E-state index in [1.165, 1.54) is 12.4 Å². The van der Waals surface area contributed by atoms with Crippen molar-refractivity contribution in [2.75, 3.05) is 0 Å². The van der Waals surface area contributed by atoms with E-state index in [0.29, 0.717) is 15.6 Å². The Labute approximate surface area is 121 Å². The van der Waals surface area contributed by atoms with Crippen LogP contribution in [0.3, 0.4) is 0 Å². The lowest BCUT2D eigenvalue weighted by Gasteiger charge is -2.14. The van der Waals surface area contributed by atoms with Crippen LogP contribution in [0.4, 0.5) is 0 Å². The van der Waals surface area contributed by atoms with Gasteiger partial charge in [-0.3, -0.25) is 9.78 Å². The molecule has 0 saturated heterocycles. The second kappa shape index (κ2) is 6.04. The minimum atomic E-state index is -0.227. The predicted octanol–water partition coefficient (Wildman–Crippen LogP) is 3.88. The molecule has 2 rings (SSSR count). The van der Waals surface area contributed by atoms with E-state index in [-0.39, 0.29) is 11.9 Å². The number of carbonyl (C=O) groups excluding carboxylic acids is 1. The average molecular weight is 295 g/mol. The fourth-order valence-electron chi connectivity index (χ4n) is 1.67. The van der Waals surface area contributed by atoms with Gasteiger partial charge in [0, 0.05) is 17.4 Å². The molecule has 0 radical (unpaired) electrons. The Bertz CT molecular complexity index is 584. The third-order valence-corrected chi connectivity index (χ3v) is 3.29. The summed E-state index contributed by atoms with van der Waals surface area (Å²) in [4.78, 5) is 15.9. The van der Waals surface area contributed by atoms with E-state index in [0.717, 1.165) is 5.56 Å². The highest BCUT2D eigenvalue weighted by Gasteiger charge is 2.13. The highest BCUT2D eigenvalue weighted by atomic mass is 35.5. The monoisotopic (exact) mass is 294 g/mol. The molecule has 0 fully saturated rings. The molecule has 1 heterocycles. The number of amides is 1. The zero-order valence-corrected chi connectivity index (χ0v) is 11.7. The van der Waals surface area contributed by atoms with Crippen molar-refractivity contribution in [3.8, 4) is 0 Å². The third kappa shape index (κ3) is 3.46. The van der Waals surface area contributed by atoms with Crippen LogP contribution >= 0.6 is 23.2 Å². The van der Waals surface area contributed by atoms with Crippen LogP contribution in [0.5, 0.6) is 0 Å². The topological polar surface area (TPSA) is 42.0 Å². The first-order valence-electron chi connectivity index (χ1n) is 5.74. The van der Waals surface area contributed by atoms with Crippen molar-refractivity contribution in [3.05, 3.63) is 63.9 Å². The molecule has 1 unspecified atom stereocenters. The molecule has 3 nitrogen and oxygen atoms in total. The van der Waals surface area contributed by atoms with Gasteiger partial charge >= 0.3 is 0 Å². The summed E-state index contributed by atoms with van der Waals surface area (Å²) in [5, 5.41) is 3.88. The fourth-order valence-corrected chi connectivity index (χ4v) is 2.00. The van der Waals surface area contributed by atoms with Crippen LogP contribution < -0.4 is 5.32 Å². The molecule has 1 atom stereocenters. The fraction of sp³-hybridized carbons (Fsp3) is 0.143. The maximum absolute atomic E-state index is 12.1. The summed E-state index contributed by atoms with van der Waals surface area (Å²) in [5.41, 5.74) is 1.39. The lowest BCUT2D eigenvalue weighted by molar-refractivity contribution is 0.0940. The lowest BCUT2D eigenvalue weighted by atomic mass is 10.1. The Morgan fingerprint density at radius 1 is 1.21 bits per heavy atom. The highest BCUT2D eigenvalue weighted by Crippen LogP contribution is 2.18. The Hall–Kier alpha value is -1.58. The van der Waals surface area contributed by atoms with Gasteiger partial charge in [-0.05, 0) is 30.7 Å². The molecule has 98 valence electrons. The number of benzene rings is 1. The first-order chi connectivity index (χ1) is 9.08. The molecule has 0 aliphatic rings. The highest BCUT2D eigenvalue weighted by molar-refractivity contribution is 6.33. The van der Waals surface area contributed by atoms with Crippen molar-refractivity contribution in [1.29, 1.82) is 0 Å². The second-order valence-electron chi connectivity index (χ2n) is 4.10.